The molecule has 4 aromatic rings. The molecule has 1 aliphatic carbocycles. The third-order valence-corrected chi connectivity index (χ3v) is 8.46. The Morgan fingerprint density at radius 3 is 2.56 bits per heavy atom. The van der Waals surface area contributed by atoms with E-state index in [1.165, 1.54) is 32.4 Å². The van der Waals surface area contributed by atoms with Crippen LogP contribution >= 0.6 is 11.8 Å². The number of nitrogens with zero attached hydrogens (tertiary/aromatic N) is 1. The average molecular weight is 464 g/mol. The first-order valence-electron chi connectivity index (χ1n) is 12.0. The number of thioether (sulfide) groups is 1. The van der Waals surface area contributed by atoms with Crippen LogP contribution in [0.2, 0.25) is 0 Å². The minimum Gasteiger partial charge on any atom is -0.443 e. The van der Waals surface area contributed by atoms with Crippen molar-refractivity contribution in [3.8, 4) is 11.3 Å². The van der Waals surface area contributed by atoms with Crippen LogP contribution in [0.25, 0.3) is 38.0 Å². The van der Waals surface area contributed by atoms with Crippen LogP contribution < -0.4 is 0 Å². The Hall–Kier alpha value is -3.04. The number of aryl methyl sites for hydroxylation is 2. The van der Waals surface area contributed by atoms with E-state index >= 15 is 0 Å². The maximum absolute atomic E-state index is 6.19. The fourth-order valence-corrected chi connectivity index (χ4v) is 6.48. The first kappa shape index (κ1) is 21.5. The molecule has 0 N–H and O–H groups in total. The molecule has 0 radical (unpaired) electrons. The Balaban J connectivity index is 1.59. The minimum absolute atomic E-state index is 0.0264. The van der Waals surface area contributed by atoms with E-state index in [0.29, 0.717) is 11.2 Å². The third kappa shape index (κ3) is 3.45. The van der Waals surface area contributed by atoms with Gasteiger partial charge in [-0.1, -0.05) is 75.4 Å². The van der Waals surface area contributed by atoms with E-state index in [1.807, 2.05) is 18.7 Å². The summed E-state index contributed by atoms with van der Waals surface area (Å²) in [5, 5.41) is 4.16. The van der Waals surface area contributed by atoms with Gasteiger partial charge >= 0.3 is 0 Å². The van der Waals surface area contributed by atoms with E-state index in [0.717, 1.165) is 28.1 Å². The van der Waals surface area contributed by atoms with Gasteiger partial charge in [-0.2, -0.15) is 0 Å². The molecule has 170 valence electrons. The number of benzene rings is 2. The molecule has 3 heteroatoms. The van der Waals surface area contributed by atoms with E-state index in [1.54, 1.807) is 0 Å². The largest absolute Gasteiger partial charge is 0.443 e. The molecular weight excluding hydrogens is 434 g/mol. The highest BCUT2D eigenvalue weighted by Gasteiger charge is 2.29. The molecule has 0 saturated heterocycles. The maximum Gasteiger partial charge on any atom is 0.227 e. The molecule has 2 unspecified atom stereocenters. The van der Waals surface area contributed by atoms with Crippen LogP contribution in [0.15, 0.2) is 77.3 Å². The van der Waals surface area contributed by atoms with Crippen LogP contribution in [0.3, 0.4) is 0 Å². The summed E-state index contributed by atoms with van der Waals surface area (Å²) in [6, 6.07) is 15.5. The summed E-state index contributed by atoms with van der Waals surface area (Å²) in [5.41, 5.74) is 6.62. The van der Waals surface area contributed by atoms with Gasteiger partial charge in [0.15, 0.2) is 0 Å². The Bertz CT molecular complexity index is 1540. The zero-order chi connectivity index (χ0) is 23.6. The molecule has 2 aromatic heterocycles. The molecule has 34 heavy (non-hydrogen) atoms. The predicted molar refractivity (Wildman–Crippen MR) is 146 cm³/mol. The Morgan fingerprint density at radius 2 is 1.76 bits per heavy atom. The molecular formula is C31H29NOS. The van der Waals surface area contributed by atoms with Crippen molar-refractivity contribution in [3.05, 3.63) is 95.3 Å². The minimum atomic E-state index is 0.0264. The quantitative estimate of drug-likeness (QED) is 0.297. The summed E-state index contributed by atoms with van der Waals surface area (Å²) in [6.07, 6.45) is 11.3. The summed E-state index contributed by atoms with van der Waals surface area (Å²) >= 11 is 1.95. The second kappa shape index (κ2) is 7.74. The van der Waals surface area contributed by atoms with Gasteiger partial charge in [-0.25, -0.2) is 4.98 Å². The normalized spacial score (nSPS) is 19.7. The number of aromatic nitrogens is 1. The lowest BCUT2D eigenvalue weighted by molar-refractivity contribution is 0.564. The van der Waals surface area contributed by atoms with Gasteiger partial charge in [0.2, 0.25) is 5.71 Å². The zero-order valence-electron chi connectivity index (χ0n) is 20.3. The second-order valence-corrected chi connectivity index (χ2v) is 11.7. The van der Waals surface area contributed by atoms with Crippen LogP contribution in [0, 0.1) is 19.8 Å². The Kier molecular flexibility index (Phi) is 4.90. The van der Waals surface area contributed by atoms with Crippen molar-refractivity contribution in [2.75, 3.05) is 0 Å². The van der Waals surface area contributed by atoms with Gasteiger partial charge in [-0.15, -0.1) is 11.8 Å². The van der Waals surface area contributed by atoms with Crippen molar-refractivity contribution in [2.24, 2.45) is 5.92 Å². The fraction of sp³-hybridized carbons (Fsp3) is 0.258. The SMILES string of the molecule is Cc1oc2nc(-c3cc(C(C)(C)C)c4ccccc4c3)cc(C3=CC4C=CC=CC4S3)c2c1C. The van der Waals surface area contributed by atoms with Gasteiger partial charge in [0.25, 0.3) is 0 Å². The van der Waals surface area contributed by atoms with Gasteiger partial charge in [0.1, 0.15) is 5.76 Å². The molecule has 0 fully saturated rings. The summed E-state index contributed by atoms with van der Waals surface area (Å²) in [4.78, 5) is 6.37. The lowest BCUT2D eigenvalue weighted by atomic mass is 9.82. The van der Waals surface area contributed by atoms with Gasteiger partial charge in [0, 0.05) is 32.8 Å². The summed E-state index contributed by atoms with van der Waals surface area (Å²) in [6.45, 7) is 11.0. The van der Waals surface area contributed by atoms with E-state index in [-0.39, 0.29) is 5.41 Å². The van der Waals surface area contributed by atoms with Crippen molar-refractivity contribution in [2.45, 2.75) is 45.3 Å². The van der Waals surface area contributed by atoms with Crippen LogP contribution in [0.5, 0.6) is 0 Å². The average Bonchev–Trinajstić information content (AvgIpc) is 3.38. The highest BCUT2D eigenvalue weighted by atomic mass is 32.2. The molecule has 0 spiro atoms. The van der Waals surface area contributed by atoms with Crippen LogP contribution in [-0.4, -0.2) is 10.2 Å². The summed E-state index contributed by atoms with van der Waals surface area (Å²) in [5.74, 6) is 1.38. The number of pyridine rings is 1. The van der Waals surface area contributed by atoms with Crippen molar-refractivity contribution in [3.63, 3.8) is 0 Å². The monoisotopic (exact) mass is 463 g/mol. The van der Waals surface area contributed by atoms with Crippen molar-refractivity contribution >= 4 is 38.5 Å². The molecule has 2 atom stereocenters. The number of hydrogen-bond acceptors (Lipinski definition) is 3. The lowest BCUT2D eigenvalue weighted by Gasteiger charge is -2.23. The zero-order valence-corrected chi connectivity index (χ0v) is 21.2. The molecule has 0 bridgehead atoms. The molecule has 0 amide bonds. The van der Waals surface area contributed by atoms with Crippen molar-refractivity contribution < 1.29 is 4.42 Å². The smallest absolute Gasteiger partial charge is 0.227 e. The van der Waals surface area contributed by atoms with Crippen LogP contribution in [0.1, 0.15) is 43.2 Å². The first-order chi connectivity index (χ1) is 16.3. The Morgan fingerprint density at radius 1 is 0.971 bits per heavy atom. The molecule has 1 aliphatic heterocycles. The third-order valence-electron chi connectivity index (χ3n) is 7.10. The standard InChI is InChI=1S/C31H29NOS/c1-18-19(2)33-30-29(18)24(28-16-21-11-7-9-13-27(21)34-28)17-26(32-30)22-14-20-10-6-8-12-23(20)25(15-22)31(3,4)5/h6-17,21,27H,1-5H3. The number of fused-ring (bicyclic) bond motifs is 3. The van der Waals surface area contributed by atoms with Gasteiger partial charge < -0.3 is 4.42 Å². The number of furan rings is 1. The van der Waals surface area contributed by atoms with E-state index < -0.39 is 0 Å². The Labute approximate surface area is 205 Å². The van der Waals surface area contributed by atoms with Gasteiger partial charge in [-0.3, -0.25) is 0 Å². The molecule has 3 heterocycles. The summed E-state index contributed by atoms with van der Waals surface area (Å²) in [7, 11) is 0. The fourth-order valence-electron chi connectivity index (χ4n) is 5.16. The van der Waals surface area contributed by atoms with Gasteiger partial charge in [0.05, 0.1) is 11.1 Å². The van der Waals surface area contributed by atoms with Crippen molar-refractivity contribution in [1.29, 1.82) is 0 Å². The maximum atomic E-state index is 6.19. The second-order valence-electron chi connectivity index (χ2n) is 10.5. The van der Waals surface area contributed by atoms with Gasteiger partial charge in [-0.05, 0) is 53.8 Å². The lowest BCUT2D eigenvalue weighted by Crippen LogP contribution is -2.12. The van der Waals surface area contributed by atoms with E-state index in [2.05, 4.69) is 101 Å². The highest BCUT2D eigenvalue weighted by Crippen LogP contribution is 2.48. The van der Waals surface area contributed by atoms with Crippen LogP contribution in [0.4, 0.5) is 0 Å². The molecule has 2 aliphatic rings. The molecule has 2 nitrogen and oxygen atoms in total. The van der Waals surface area contributed by atoms with E-state index in [9.17, 15) is 0 Å². The summed E-state index contributed by atoms with van der Waals surface area (Å²) < 4.78 is 6.19. The molecule has 6 rings (SSSR count). The molecule has 2 aromatic carbocycles. The number of allylic oxidation sites excluding steroid dienone is 4. The first-order valence-corrected chi connectivity index (χ1v) is 12.9. The molecule has 0 saturated carbocycles. The van der Waals surface area contributed by atoms with Crippen LogP contribution in [-0.2, 0) is 5.41 Å². The predicted octanol–water partition coefficient (Wildman–Crippen LogP) is 8.76. The van der Waals surface area contributed by atoms with E-state index in [4.69, 9.17) is 9.40 Å². The van der Waals surface area contributed by atoms with Crippen molar-refractivity contribution in [1.82, 2.24) is 4.98 Å². The topological polar surface area (TPSA) is 26.0 Å². The number of hydrogen-bond donors (Lipinski definition) is 0. The highest BCUT2D eigenvalue weighted by molar-refractivity contribution is 8.09. The number of rotatable bonds is 2.